The molecule has 0 spiro atoms. The number of nitrogens with zero attached hydrogens (tertiary/aromatic N) is 2. The van der Waals surface area contributed by atoms with Crippen molar-refractivity contribution < 1.29 is 24.0 Å². The van der Waals surface area contributed by atoms with Crippen LogP contribution in [0.3, 0.4) is 0 Å². The predicted molar refractivity (Wildman–Crippen MR) is 68.4 cm³/mol. The first-order valence-electron chi connectivity index (χ1n) is 6.61. The smallest absolute Gasteiger partial charge is 0.305 e. The third kappa shape index (κ3) is 3.57. The molecule has 7 heteroatoms. The highest BCUT2D eigenvalue weighted by Crippen LogP contribution is 2.18. The zero-order valence-electron chi connectivity index (χ0n) is 11.4. The topological polar surface area (TPSA) is 92.9 Å². The van der Waals surface area contributed by atoms with Gasteiger partial charge in [-0.1, -0.05) is 5.16 Å². The molecule has 1 aromatic heterocycles. The lowest BCUT2D eigenvalue weighted by atomic mass is 10.1. The van der Waals surface area contributed by atoms with E-state index in [0.29, 0.717) is 31.8 Å². The summed E-state index contributed by atoms with van der Waals surface area (Å²) in [4.78, 5) is 24.8. The maximum absolute atomic E-state index is 12.4. The third-order valence-electron chi connectivity index (χ3n) is 3.31. The van der Waals surface area contributed by atoms with Crippen molar-refractivity contribution in [3.63, 3.8) is 0 Å². The van der Waals surface area contributed by atoms with Gasteiger partial charge in [-0.2, -0.15) is 0 Å². The highest BCUT2D eigenvalue weighted by molar-refractivity contribution is 5.92. The Hall–Kier alpha value is -1.89. The molecule has 1 amide bonds. The maximum atomic E-state index is 12.4. The molecule has 2 rings (SSSR count). The lowest BCUT2D eigenvalue weighted by Gasteiger charge is -2.33. The molecular formula is C13H18N2O5. The van der Waals surface area contributed by atoms with E-state index in [9.17, 15) is 9.59 Å². The van der Waals surface area contributed by atoms with Gasteiger partial charge in [-0.3, -0.25) is 9.59 Å². The van der Waals surface area contributed by atoms with E-state index in [2.05, 4.69) is 5.16 Å². The van der Waals surface area contributed by atoms with Crippen LogP contribution < -0.4 is 0 Å². The Balaban J connectivity index is 2.11. The molecule has 0 unspecified atom stereocenters. The minimum Gasteiger partial charge on any atom is -0.481 e. The van der Waals surface area contributed by atoms with E-state index in [0.717, 1.165) is 0 Å². The molecule has 1 aliphatic rings. The molecule has 20 heavy (non-hydrogen) atoms. The van der Waals surface area contributed by atoms with Crippen LogP contribution in [0.15, 0.2) is 10.6 Å². The third-order valence-corrected chi connectivity index (χ3v) is 3.31. The van der Waals surface area contributed by atoms with Crippen LogP contribution in [-0.4, -0.2) is 52.8 Å². The average Bonchev–Trinajstić information content (AvgIpc) is 2.86. The number of carbonyl (C=O) groups excluding carboxylic acids is 1. The molecule has 0 atom stereocenters. The summed E-state index contributed by atoms with van der Waals surface area (Å²) in [6.45, 7) is 3.04. The van der Waals surface area contributed by atoms with E-state index in [1.54, 1.807) is 17.9 Å². The molecule has 1 aliphatic heterocycles. The van der Waals surface area contributed by atoms with E-state index in [-0.39, 0.29) is 30.6 Å². The molecule has 0 aromatic carbocycles. The fourth-order valence-corrected chi connectivity index (χ4v) is 2.28. The fraction of sp³-hybridized carbons (Fsp3) is 0.615. The molecule has 0 aliphatic carbocycles. The number of aryl methyl sites for hydroxylation is 1. The lowest BCUT2D eigenvalue weighted by Crippen LogP contribution is -2.44. The Morgan fingerprint density at radius 2 is 2.15 bits per heavy atom. The number of carboxylic acids is 1. The zero-order chi connectivity index (χ0) is 14.5. The van der Waals surface area contributed by atoms with Gasteiger partial charge in [0.25, 0.3) is 5.91 Å². The Morgan fingerprint density at radius 1 is 1.45 bits per heavy atom. The standard InChI is InChI=1S/C13H18N2O5/c1-9-8-11(14-20-9)13(18)15(5-2-12(16)17)10-3-6-19-7-4-10/h8,10H,2-7H2,1H3,(H,16,17). The normalized spacial score (nSPS) is 16.1. The number of carbonyl (C=O) groups is 2. The number of amides is 1. The van der Waals surface area contributed by atoms with Crippen molar-refractivity contribution in [1.29, 1.82) is 0 Å². The minimum atomic E-state index is -0.925. The number of carboxylic acid groups (broad SMARTS) is 1. The van der Waals surface area contributed by atoms with Gasteiger partial charge in [0.2, 0.25) is 0 Å². The van der Waals surface area contributed by atoms with Gasteiger partial charge in [-0.15, -0.1) is 0 Å². The van der Waals surface area contributed by atoms with Crippen molar-refractivity contribution in [3.05, 3.63) is 17.5 Å². The van der Waals surface area contributed by atoms with E-state index < -0.39 is 5.97 Å². The van der Waals surface area contributed by atoms with Crippen LogP contribution in [0.5, 0.6) is 0 Å². The van der Waals surface area contributed by atoms with Crippen molar-refractivity contribution in [2.75, 3.05) is 19.8 Å². The number of aromatic nitrogens is 1. The largest absolute Gasteiger partial charge is 0.481 e. The molecule has 1 aromatic rings. The second kappa shape index (κ2) is 6.51. The molecule has 1 saturated heterocycles. The highest BCUT2D eigenvalue weighted by Gasteiger charge is 2.28. The van der Waals surface area contributed by atoms with E-state index in [1.165, 1.54) is 0 Å². The monoisotopic (exact) mass is 282 g/mol. The minimum absolute atomic E-state index is 0.00685. The average molecular weight is 282 g/mol. The van der Waals surface area contributed by atoms with E-state index >= 15 is 0 Å². The maximum Gasteiger partial charge on any atom is 0.305 e. The molecule has 0 saturated carbocycles. The first-order valence-corrected chi connectivity index (χ1v) is 6.61. The van der Waals surface area contributed by atoms with Crippen LogP contribution in [0.25, 0.3) is 0 Å². The van der Waals surface area contributed by atoms with Gasteiger partial charge in [-0.25, -0.2) is 0 Å². The summed E-state index contributed by atoms with van der Waals surface area (Å²) in [5.41, 5.74) is 0.222. The molecular weight excluding hydrogens is 264 g/mol. The van der Waals surface area contributed by atoms with Gasteiger partial charge in [-0.05, 0) is 19.8 Å². The quantitative estimate of drug-likeness (QED) is 0.868. The van der Waals surface area contributed by atoms with Crippen LogP contribution in [0.2, 0.25) is 0 Å². The molecule has 110 valence electrons. The van der Waals surface area contributed by atoms with Crippen LogP contribution in [0, 0.1) is 6.92 Å². The van der Waals surface area contributed by atoms with Crippen molar-refractivity contribution in [1.82, 2.24) is 10.1 Å². The number of hydrogen-bond acceptors (Lipinski definition) is 5. The zero-order valence-corrected chi connectivity index (χ0v) is 11.4. The van der Waals surface area contributed by atoms with Gasteiger partial charge < -0.3 is 19.3 Å². The predicted octanol–water partition coefficient (Wildman–Crippen LogP) is 1.08. The summed E-state index contributed by atoms with van der Waals surface area (Å²) < 4.78 is 10.2. The van der Waals surface area contributed by atoms with Gasteiger partial charge in [0.1, 0.15) is 5.76 Å². The van der Waals surface area contributed by atoms with Crippen molar-refractivity contribution in [3.8, 4) is 0 Å². The molecule has 0 radical (unpaired) electrons. The summed E-state index contributed by atoms with van der Waals surface area (Å²) >= 11 is 0. The summed E-state index contributed by atoms with van der Waals surface area (Å²) in [6, 6.07) is 1.56. The van der Waals surface area contributed by atoms with E-state index in [4.69, 9.17) is 14.4 Å². The van der Waals surface area contributed by atoms with Crippen LogP contribution in [0.1, 0.15) is 35.5 Å². The Bertz CT molecular complexity index is 479. The molecule has 1 N–H and O–H groups in total. The number of hydrogen-bond donors (Lipinski definition) is 1. The number of aliphatic carboxylic acids is 1. The van der Waals surface area contributed by atoms with E-state index in [1.807, 2.05) is 0 Å². The SMILES string of the molecule is Cc1cc(C(=O)N(CCC(=O)O)C2CCOCC2)no1. The van der Waals surface area contributed by atoms with Crippen LogP contribution in [-0.2, 0) is 9.53 Å². The fourth-order valence-electron chi connectivity index (χ4n) is 2.28. The molecule has 7 nitrogen and oxygen atoms in total. The van der Waals surface area contributed by atoms with Crippen molar-refractivity contribution in [2.24, 2.45) is 0 Å². The first kappa shape index (κ1) is 14.5. The molecule has 2 heterocycles. The second-order valence-electron chi connectivity index (χ2n) is 4.81. The molecule has 1 fully saturated rings. The Kier molecular flexibility index (Phi) is 4.73. The highest BCUT2D eigenvalue weighted by atomic mass is 16.5. The Labute approximate surface area is 116 Å². The van der Waals surface area contributed by atoms with Crippen LogP contribution >= 0.6 is 0 Å². The van der Waals surface area contributed by atoms with Crippen molar-refractivity contribution >= 4 is 11.9 Å². The Morgan fingerprint density at radius 3 is 2.70 bits per heavy atom. The number of rotatable bonds is 5. The lowest BCUT2D eigenvalue weighted by molar-refractivity contribution is -0.137. The van der Waals surface area contributed by atoms with Gasteiger partial charge in [0.05, 0.1) is 6.42 Å². The van der Waals surface area contributed by atoms with Gasteiger partial charge in [0, 0.05) is 31.9 Å². The molecule has 0 bridgehead atoms. The first-order chi connectivity index (χ1) is 9.58. The number of ether oxygens (including phenoxy) is 1. The van der Waals surface area contributed by atoms with Crippen molar-refractivity contribution in [2.45, 2.75) is 32.2 Å². The summed E-state index contributed by atoms with van der Waals surface area (Å²) in [5, 5.41) is 12.5. The summed E-state index contributed by atoms with van der Waals surface area (Å²) in [5.74, 6) is -0.653. The second-order valence-corrected chi connectivity index (χ2v) is 4.81. The summed E-state index contributed by atoms with van der Waals surface area (Å²) in [7, 11) is 0. The van der Waals surface area contributed by atoms with Gasteiger partial charge >= 0.3 is 5.97 Å². The summed E-state index contributed by atoms with van der Waals surface area (Å²) in [6.07, 6.45) is 1.34. The van der Waals surface area contributed by atoms with Gasteiger partial charge in [0.15, 0.2) is 5.69 Å². The van der Waals surface area contributed by atoms with Crippen LogP contribution in [0.4, 0.5) is 0 Å².